The lowest BCUT2D eigenvalue weighted by Gasteiger charge is -2.32. The maximum Gasteiger partial charge on any atom is 0.246 e. The fourth-order valence-corrected chi connectivity index (χ4v) is 8.81. The molecule has 4 N–H and O–H groups in total. The summed E-state index contributed by atoms with van der Waals surface area (Å²) >= 11 is 0. The summed E-state index contributed by atoms with van der Waals surface area (Å²) < 4.78 is 0. The van der Waals surface area contributed by atoms with Gasteiger partial charge in [-0.25, -0.2) is 9.97 Å². The summed E-state index contributed by atoms with van der Waals surface area (Å²) in [5, 5.41) is 5.74. The molecule has 0 radical (unpaired) electrons. The zero-order valence-corrected chi connectivity index (χ0v) is 31.8. The Morgan fingerprint density at radius 1 is 0.593 bits per heavy atom. The third-order valence-corrected chi connectivity index (χ3v) is 11.8. The molecule has 2 aliphatic carbocycles. The van der Waals surface area contributed by atoms with Crippen LogP contribution in [-0.4, -0.2) is 77.5 Å². The van der Waals surface area contributed by atoms with Gasteiger partial charge in [0.2, 0.25) is 23.6 Å². The van der Waals surface area contributed by atoms with E-state index in [2.05, 4.69) is 69.1 Å². The lowest BCUT2D eigenvalue weighted by atomic mass is 10.0. The molecule has 2 saturated heterocycles. The molecule has 2 aromatic carbocycles. The molecule has 4 aliphatic rings. The van der Waals surface area contributed by atoms with E-state index in [-0.39, 0.29) is 59.6 Å². The van der Waals surface area contributed by atoms with Crippen LogP contribution >= 0.6 is 0 Å². The van der Waals surface area contributed by atoms with Crippen molar-refractivity contribution >= 4 is 23.6 Å². The smallest absolute Gasteiger partial charge is 0.246 e. The van der Waals surface area contributed by atoms with Gasteiger partial charge in [0.25, 0.3) is 0 Å². The molecular formula is C42H50N8O4. The third-order valence-electron chi connectivity index (χ3n) is 11.8. The molecule has 8 atom stereocenters. The standard InChI is InChI=1S/C42H50N8O4/c1-21(2)37(45-23(5)51)41(53)49-33-15-29(33)17-35(49)39-43-19-31(47-39)27-11-7-25(8-12-27)26-9-13-28(14-10-26)32-20-44-40(48-32)36-18-30-16-34(30)50(36)42(54)38(22(3)4)46-24(6)52/h7-14,19-22,29-30,33-38H,15-18H2,1-6H3,(H,43,47)(H,44,48)(H,45,51)(H,46,52)/t29-,30-,33-,34-,35+,36?,37+,38+/m1/s1. The molecule has 4 amide bonds. The molecule has 4 fully saturated rings. The van der Waals surface area contributed by atoms with Gasteiger partial charge in [-0.2, -0.15) is 0 Å². The average molecular weight is 731 g/mol. The minimum atomic E-state index is -0.552. The Labute approximate surface area is 315 Å². The quantitative estimate of drug-likeness (QED) is 0.153. The SMILES string of the molecule is CC(=O)N[C@H](C(=O)N1C(c2ncc(-c3ccc(-c4ccc(-c5cnc([C@@H]6C[C@H]7C[C@H]7N6C(=O)[C@@H](NC(C)=O)C(C)C)[nH]5)cc4)cc3)[nH]2)C[C@H]2C[C@H]21)C(C)C. The van der Waals surface area contributed by atoms with Gasteiger partial charge >= 0.3 is 0 Å². The van der Waals surface area contributed by atoms with Crippen LogP contribution in [0.5, 0.6) is 0 Å². The van der Waals surface area contributed by atoms with Crippen LogP contribution in [0, 0.1) is 23.7 Å². The molecule has 4 heterocycles. The second-order valence-corrected chi connectivity index (χ2v) is 16.5. The maximum absolute atomic E-state index is 13.7. The molecule has 8 rings (SSSR count). The van der Waals surface area contributed by atoms with E-state index in [1.807, 2.05) is 49.9 Å². The number of fused-ring (bicyclic) bond motifs is 2. The largest absolute Gasteiger partial charge is 0.344 e. The van der Waals surface area contributed by atoms with Crippen LogP contribution in [0.25, 0.3) is 33.6 Å². The van der Waals surface area contributed by atoms with Crippen LogP contribution in [0.15, 0.2) is 60.9 Å². The van der Waals surface area contributed by atoms with Crippen molar-refractivity contribution in [2.24, 2.45) is 23.7 Å². The van der Waals surface area contributed by atoms with Crippen LogP contribution in [0.4, 0.5) is 0 Å². The summed E-state index contributed by atoms with van der Waals surface area (Å²) in [5.41, 5.74) is 5.97. The first-order chi connectivity index (χ1) is 25.9. The Bertz CT molecular complexity index is 1920. The Morgan fingerprint density at radius 2 is 0.944 bits per heavy atom. The molecule has 12 heteroatoms. The van der Waals surface area contributed by atoms with Crippen molar-refractivity contribution in [3.05, 3.63) is 72.6 Å². The molecule has 54 heavy (non-hydrogen) atoms. The van der Waals surface area contributed by atoms with Gasteiger partial charge < -0.3 is 30.4 Å². The number of imidazole rings is 2. The number of aromatic amines is 2. The van der Waals surface area contributed by atoms with Gasteiger partial charge in [0, 0.05) is 25.9 Å². The number of aromatic nitrogens is 4. The van der Waals surface area contributed by atoms with Crippen molar-refractivity contribution in [3.63, 3.8) is 0 Å². The number of carbonyl (C=O) groups excluding carboxylic acids is 4. The van der Waals surface area contributed by atoms with Gasteiger partial charge in [-0.3, -0.25) is 19.2 Å². The summed E-state index contributed by atoms with van der Waals surface area (Å²) in [6, 6.07) is 15.8. The number of piperidine rings is 2. The summed E-state index contributed by atoms with van der Waals surface area (Å²) in [5.74, 6) is 2.05. The minimum Gasteiger partial charge on any atom is -0.344 e. The Kier molecular flexibility index (Phi) is 9.18. The number of amides is 4. The Morgan fingerprint density at radius 3 is 1.28 bits per heavy atom. The first kappa shape index (κ1) is 35.8. The predicted octanol–water partition coefficient (Wildman–Crippen LogP) is 5.78. The van der Waals surface area contributed by atoms with Crippen LogP contribution in [-0.2, 0) is 19.2 Å². The molecule has 1 unspecified atom stereocenters. The summed E-state index contributed by atoms with van der Waals surface area (Å²) in [4.78, 5) is 71.6. The average Bonchev–Trinajstić information content (AvgIpc) is 3.74. The maximum atomic E-state index is 13.7. The number of likely N-dealkylation sites (tertiary alicyclic amines) is 2. The van der Waals surface area contributed by atoms with Crippen molar-refractivity contribution in [2.45, 2.75) is 103 Å². The van der Waals surface area contributed by atoms with E-state index in [1.165, 1.54) is 13.8 Å². The number of hydrogen-bond acceptors (Lipinski definition) is 6. The first-order valence-electron chi connectivity index (χ1n) is 19.4. The minimum absolute atomic E-state index is 0.0154. The highest BCUT2D eigenvalue weighted by Crippen LogP contribution is 2.54. The van der Waals surface area contributed by atoms with E-state index in [1.54, 1.807) is 0 Å². The first-order valence-corrected chi connectivity index (χ1v) is 19.4. The molecule has 282 valence electrons. The van der Waals surface area contributed by atoms with Gasteiger partial charge in [-0.15, -0.1) is 0 Å². The molecule has 2 aromatic heterocycles. The lowest BCUT2D eigenvalue weighted by molar-refractivity contribution is -0.139. The predicted molar refractivity (Wildman–Crippen MR) is 204 cm³/mol. The fraction of sp³-hybridized carbons (Fsp3) is 0.476. The second kappa shape index (κ2) is 13.9. The molecule has 4 aromatic rings. The normalized spacial score (nSPS) is 25.0. The number of benzene rings is 2. The zero-order chi connectivity index (χ0) is 38.0. The second-order valence-electron chi connectivity index (χ2n) is 16.5. The summed E-state index contributed by atoms with van der Waals surface area (Å²) in [7, 11) is 0. The van der Waals surface area contributed by atoms with E-state index in [0.29, 0.717) is 11.8 Å². The topological polar surface area (TPSA) is 156 Å². The molecule has 12 nitrogen and oxygen atoms in total. The highest BCUT2D eigenvalue weighted by atomic mass is 16.2. The third kappa shape index (κ3) is 6.71. The number of nitrogens with one attached hydrogen (secondary N) is 4. The van der Waals surface area contributed by atoms with Crippen LogP contribution in [0.3, 0.4) is 0 Å². The van der Waals surface area contributed by atoms with Gasteiger partial charge in [0.1, 0.15) is 23.7 Å². The van der Waals surface area contributed by atoms with Crippen LogP contribution < -0.4 is 10.6 Å². The molecular weight excluding hydrogens is 681 g/mol. The molecule has 2 saturated carbocycles. The number of H-pyrrole nitrogens is 2. The van der Waals surface area contributed by atoms with E-state index in [9.17, 15) is 19.2 Å². The molecule has 2 aliphatic heterocycles. The number of nitrogens with zero attached hydrogens (tertiary/aromatic N) is 4. The molecule has 0 bridgehead atoms. The molecule has 0 spiro atoms. The van der Waals surface area contributed by atoms with E-state index >= 15 is 0 Å². The van der Waals surface area contributed by atoms with Gasteiger partial charge in [0.15, 0.2) is 0 Å². The van der Waals surface area contributed by atoms with Crippen LogP contribution in [0.1, 0.15) is 91.0 Å². The highest BCUT2D eigenvalue weighted by Gasteiger charge is 2.57. The van der Waals surface area contributed by atoms with Crippen molar-refractivity contribution in [2.75, 3.05) is 0 Å². The Balaban J connectivity index is 0.936. The number of rotatable bonds is 11. The van der Waals surface area contributed by atoms with Crippen molar-refractivity contribution in [1.29, 1.82) is 0 Å². The van der Waals surface area contributed by atoms with Crippen molar-refractivity contribution in [1.82, 2.24) is 40.4 Å². The summed E-state index contributed by atoms with van der Waals surface area (Å²) in [6.07, 6.45) is 7.45. The number of hydrogen-bond donors (Lipinski definition) is 4. The Hall–Kier alpha value is -5.26. The van der Waals surface area contributed by atoms with Gasteiger partial charge in [0.05, 0.1) is 35.9 Å². The van der Waals surface area contributed by atoms with E-state index < -0.39 is 12.1 Å². The van der Waals surface area contributed by atoms with Crippen molar-refractivity contribution in [3.8, 4) is 33.6 Å². The zero-order valence-electron chi connectivity index (χ0n) is 31.8. The lowest BCUT2D eigenvalue weighted by Crippen LogP contribution is -2.51. The summed E-state index contributed by atoms with van der Waals surface area (Å²) in [6.45, 7) is 10.8. The number of carbonyl (C=O) groups is 4. The fourth-order valence-electron chi connectivity index (χ4n) is 8.81. The monoisotopic (exact) mass is 730 g/mol. The van der Waals surface area contributed by atoms with E-state index in [4.69, 9.17) is 9.97 Å². The highest BCUT2D eigenvalue weighted by molar-refractivity contribution is 5.89. The van der Waals surface area contributed by atoms with Gasteiger partial charge in [-0.05, 0) is 71.6 Å². The van der Waals surface area contributed by atoms with E-state index in [0.717, 1.165) is 71.0 Å². The van der Waals surface area contributed by atoms with Crippen molar-refractivity contribution < 1.29 is 19.2 Å². The van der Waals surface area contributed by atoms with Gasteiger partial charge in [-0.1, -0.05) is 76.2 Å². The van der Waals surface area contributed by atoms with Crippen LogP contribution in [0.2, 0.25) is 0 Å².